The molecule has 0 radical (unpaired) electrons. The molecule has 0 unspecified atom stereocenters. The van der Waals surface area contributed by atoms with Gasteiger partial charge in [-0.15, -0.1) is 0 Å². The summed E-state index contributed by atoms with van der Waals surface area (Å²) in [5.41, 5.74) is 1.77. The number of aliphatic carboxylic acids is 1. The molecule has 0 aromatic heterocycles. The topological polar surface area (TPSA) is 95.5 Å². The number of nitrogens with one attached hydrogen (secondary N) is 2. The molecular formula is C17H22N2O4S. The van der Waals surface area contributed by atoms with Crippen LogP contribution in [0, 0.1) is 0 Å². The minimum atomic E-state index is -1.11. The summed E-state index contributed by atoms with van der Waals surface area (Å²) in [6, 6.07) is 8.63. The van der Waals surface area contributed by atoms with Gasteiger partial charge in [0.15, 0.2) is 0 Å². The second-order valence-corrected chi connectivity index (χ2v) is 6.45. The molecule has 2 amide bonds. The van der Waals surface area contributed by atoms with E-state index in [0.29, 0.717) is 11.3 Å². The van der Waals surface area contributed by atoms with Crippen LogP contribution in [0.15, 0.2) is 41.6 Å². The summed E-state index contributed by atoms with van der Waals surface area (Å²) in [6.45, 7) is 4.64. The van der Waals surface area contributed by atoms with Crippen LogP contribution in [0.2, 0.25) is 0 Å². The van der Waals surface area contributed by atoms with Gasteiger partial charge in [0, 0.05) is 18.4 Å². The van der Waals surface area contributed by atoms with Crippen molar-refractivity contribution in [3.63, 3.8) is 0 Å². The van der Waals surface area contributed by atoms with Crippen LogP contribution in [0.25, 0.3) is 0 Å². The molecule has 0 aliphatic heterocycles. The van der Waals surface area contributed by atoms with Crippen LogP contribution in [-0.4, -0.2) is 34.7 Å². The summed E-state index contributed by atoms with van der Waals surface area (Å²) in [5, 5.41) is 14.2. The summed E-state index contributed by atoms with van der Waals surface area (Å²) in [5.74, 6) is -1.21. The Morgan fingerprint density at radius 2 is 1.75 bits per heavy atom. The van der Waals surface area contributed by atoms with E-state index in [1.165, 1.54) is 18.7 Å². The lowest BCUT2D eigenvalue weighted by molar-refractivity contribution is -0.140. The summed E-state index contributed by atoms with van der Waals surface area (Å²) in [7, 11) is 0. The molecule has 6 nitrogen and oxygen atoms in total. The predicted molar refractivity (Wildman–Crippen MR) is 94.4 cm³/mol. The molecular weight excluding hydrogens is 328 g/mol. The standard InChI is InChI=1S/C17H22N2O4S/c1-11(2)15(18-12(3)20)16(21)19-14(17(22)23)10-24-9-13-7-5-4-6-8-13/h4-8,14H,9-10H2,1-3H3,(H,18,20)(H,19,21)(H,22,23)/t14-/m0/s1. The fourth-order valence-electron chi connectivity index (χ4n) is 1.86. The van der Waals surface area contributed by atoms with Crippen molar-refractivity contribution < 1.29 is 19.5 Å². The van der Waals surface area contributed by atoms with E-state index < -0.39 is 17.9 Å². The van der Waals surface area contributed by atoms with Crippen LogP contribution in [0.4, 0.5) is 0 Å². The lowest BCUT2D eigenvalue weighted by Gasteiger charge is -2.17. The fourth-order valence-corrected chi connectivity index (χ4v) is 2.87. The minimum absolute atomic E-state index is 0.0850. The van der Waals surface area contributed by atoms with Gasteiger partial charge in [0.1, 0.15) is 11.7 Å². The van der Waals surface area contributed by atoms with E-state index in [9.17, 15) is 19.5 Å². The number of thioether (sulfide) groups is 1. The van der Waals surface area contributed by atoms with Gasteiger partial charge in [0.25, 0.3) is 5.91 Å². The van der Waals surface area contributed by atoms with Gasteiger partial charge in [-0.3, -0.25) is 9.59 Å². The van der Waals surface area contributed by atoms with Crippen molar-refractivity contribution >= 4 is 29.5 Å². The fraction of sp³-hybridized carbons (Fsp3) is 0.353. The molecule has 1 aromatic rings. The number of hydrogen-bond donors (Lipinski definition) is 3. The number of allylic oxidation sites excluding steroid dienone is 1. The Morgan fingerprint density at radius 3 is 2.25 bits per heavy atom. The van der Waals surface area contributed by atoms with Crippen molar-refractivity contribution in [3.8, 4) is 0 Å². The minimum Gasteiger partial charge on any atom is -0.480 e. The third kappa shape index (κ3) is 6.87. The molecule has 3 N–H and O–H groups in total. The van der Waals surface area contributed by atoms with Gasteiger partial charge in [0.2, 0.25) is 5.91 Å². The van der Waals surface area contributed by atoms with Crippen molar-refractivity contribution in [2.45, 2.75) is 32.6 Å². The van der Waals surface area contributed by atoms with Gasteiger partial charge in [-0.2, -0.15) is 11.8 Å². The smallest absolute Gasteiger partial charge is 0.327 e. The van der Waals surface area contributed by atoms with E-state index in [-0.39, 0.29) is 17.4 Å². The molecule has 1 rings (SSSR count). The number of carboxylic acid groups (broad SMARTS) is 1. The molecule has 130 valence electrons. The maximum absolute atomic E-state index is 12.2. The largest absolute Gasteiger partial charge is 0.480 e. The van der Waals surface area contributed by atoms with Gasteiger partial charge >= 0.3 is 5.97 Å². The summed E-state index contributed by atoms with van der Waals surface area (Å²) in [4.78, 5) is 34.7. The summed E-state index contributed by atoms with van der Waals surface area (Å²) < 4.78 is 0. The zero-order valence-corrected chi connectivity index (χ0v) is 14.8. The zero-order chi connectivity index (χ0) is 18.1. The number of hydrogen-bond acceptors (Lipinski definition) is 4. The Hall–Kier alpha value is -2.28. The van der Waals surface area contributed by atoms with Gasteiger partial charge in [-0.05, 0) is 25.0 Å². The van der Waals surface area contributed by atoms with Crippen LogP contribution in [0.1, 0.15) is 26.3 Å². The summed E-state index contributed by atoms with van der Waals surface area (Å²) in [6.07, 6.45) is 0. The second kappa shape index (κ2) is 9.77. The average molecular weight is 350 g/mol. The van der Waals surface area contributed by atoms with E-state index in [2.05, 4.69) is 10.6 Å². The monoisotopic (exact) mass is 350 g/mol. The molecule has 0 aliphatic rings. The Labute approximate surface area is 145 Å². The third-order valence-corrected chi connectivity index (χ3v) is 4.13. The van der Waals surface area contributed by atoms with Crippen LogP contribution in [0.3, 0.4) is 0 Å². The molecule has 0 fully saturated rings. The van der Waals surface area contributed by atoms with Crippen LogP contribution >= 0.6 is 11.8 Å². The highest BCUT2D eigenvalue weighted by molar-refractivity contribution is 7.98. The van der Waals surface area contributed by atoms with Crippen molar-refractivity contribution in [1.82, 2.24) is 10.6 Å². The number of benzene rings is 1. The number of carbonyl (C=O) groups excluding carboxylic acids is 2. The van der Waals surface area contributed by atoms with Crippen molar-refractivity contribution in [1.29, 1.82) is 0 Å². The quantitative estimate of drug-likeness (QED) is 0.623. The Kier molecular flexibility index (Phi) is 8.05. The first-order valence-electron chi connectivity index (χ1n) is 7.41. The molecule has 24 heavy (non-hydrogen) atoms. The summed E-state index contributed by atoms with van der Waals surface area (Å²) >= 11 is 1.42. The zero-order valence-electron chi connectivity index (χ0n) is 14.0. The van der Waals surface area contributed by atoms with Gasteiger partial charge < -0.3 is 15.7 Å². The van der Waals surface area contributed by atoms with E-state index in [1.807, 2.05) is 30.3 Å². The Balaban J connectivity index is 2.65. The van der Waals surface area contributed by atoms with Gasteiger partial charge in [-0.25, -0.2) is 4.79 Å². The van der Waals surface area contributed by atoms with E-state index in [4.69, 9.17) is 0 Å². The highest BCUT2D eigenvalue weighted by Crippen LogP contribution is 2.13. The lowest BCUT2D eigenvalue weighted by Crippen LogP contribution is -2.45. The van der Waals surface area contributed by atoms with Crippen molar-refractivity contribution in [2.24, 2.45) is 0 Å². The molecule has 0 heterocycles. The third-order valence-electron chi connectivity index (χ3n) is 3.03. The lowest BCUT2D eigenvalue weighted by atomic mass is 10.2. The molecule has 0 saturated carbocycles. The van der Waals surface area contributed by atoms with E-state index in [1.54, 1.807) is 13.8 Å². The molecule has 0 aliphatic carbocycles. The van der Waals surface area contributed by atoms with Crippen LogP contribution in [0.5, 0.6) is 0 Å². The Bertz CT molecular complexity index is 625. The Morgan fingerprint density at radius 1 is 1.12 bits per heavy atom. The van der Waals surface area contributed by atoms with E-state index >= 15 is 0 Å². The molecule has 7 heteroatoms. The van der Waals surface area contributed by atoms with Gasteiger partial charge in [0.05, 0.1) is 0 Å². The average Bonchev–Trinajstić information content (AvgIpc) is 2.51. The molecule has 1 aromatic carbocycles. The molecule has 1 atom stereocenters. The maximum Gasteiger partial charge on any atom is 0.327 e. The second-order valence-electron chi connectivity index (χ2n) is 5.42. The molecule has 0 spiro atoms. The van der Waals surface area contributed by atoms with Crippen LogP contribution in [-0.2, 0) is 20.1 Å². The number of carboxylic acids is 1. The normalized spacial score (nSPS) is 11.3. The maximum atomic E-state index is 12.2. The van der Waals surface area contributed by atoms with Crippen molar-refractivity contribution in [2.75, 3.05) is 5.75 Å². The highest BCUT2D eigenvalue weighted by atomic mass is 32.2. The first-order valence-corrected chi connectivity index (χ1v) is 8.57. The number of carbonyl (C=O) groups is 3. The van der Waals surface area contributed by atoms with Crippen molar-refractivity contribution in [3.05, 3.63) is 47.2 Å². The first kappa shape index (κ1) is 19.8. The van der Waals surface area contributed by atoms with E-state index in [0.717, 1.165) is 5.56 Å². The molecule has 0 bridgehead atoms. The first-order chi connectivity index (χ1) is 11.3. The number of rotatable bonds is 8. The van der Waals surface area contributed by atoms with Crippen LogP contribution < -0.4 is 10.6 Å². The molecule has 0 saturated heterocycles. The SMILES string of the molecule is CC(=O)NC(C(=O)N[C@@H](CSCc1ccccc1)C(=O)O)=C(C)C. The number of amides is 2. The predicted octanol–water partition coefficient (Wildman–Crippen LogP) is 1.92. The highest BCUT2D eigenvalue weighted by Gasteiger charge is 2.22. The van der Waals surface area contributed by atoms with Gasteiger partial charge in [-0.1, -0.05) is 30.3 Å².